The summed E-state index contributed by atoms with van der Waals surface area (Å²) in [7, 11) is 0. The SMILES string of the molecule is CCc1ccccc1OC(=O)C(=O)Oc1ccccc1. The molecule has 0 saturated heterocycles. The van der Waals surface area contributed by atoms with Crippen LogP contribution in [0.15, 0.2) is 54.6 Å². The highest BCUT2D eigenvalue weighted by molar-refractivity contribution is 6.31. The molecule has 0 bridgehead atoms. The van der Waals surface area contributed by atoms with Crippen molar-refractivity contribution in [3.63, 3.8) is 0 Å². The predicted octanol–water partition coefficient (Wildman–Crippen LogP) is 2.76. The number of hydrogen-bond donors (Lipinski definition) is 0. The van der Waals surface area contributed by atoms with Crippen molar-refractivity contribution in [2.24, 2.45) is 0 Å². The van der Waals surface area contributed by atoms with Crippen LogP contribution in [0.2, 0.25) is 0 Å². The molecule has 0 radical (unpaired) electrons. The summed E-state index contributed by atoms with van der Waals surface area (Å²) in [5.41, 5.74) is 0.855. The number of aryl methyl sites for hydroxylation is 1. The molecular formula is C16H14O4. The van der Waals surface area contributed by atoms with E-state index in [1.807, 2.05) is 19.1 Å². The van der Waals surface area contributed by atoms with E-state index in [1.54, 1.807) is 42.5 Å². The van der Waals surface area contributed by atoms with E-state index in [9.17, 15) is 9.59 Å². The molecule has 0 fully saturated rings. The number of para-hydroxylation sites is 2. The second-order valence-corrected chi connectivity index (χ2v) is 4.05. The lowest BCUT2D eigenvalue weighted by molar-refractivity contribution is -0.156. The third-order valence-corrected chi connectivity index (χ3v) is 2.68. The molecular weight excluding hydrogens is 256 g/mol. The predicted molar refractivity (Wildman–Crippen MR) is 73.5 cm³/mol. The molecule has 0 heterocycles. The highest BCUT2D eigenvalue weighted by atomic mass is 16.6. The van der Waals surface area contributed by atoms with Gasteiger partial charge in [0.05, 0.1) is 0 Å². The average Bonchev–Trinajstić information content (AvgIpc) is 2.48. The Morgan fingerprint density at radius 3 is 2.15 bits per heavy atom. The molecule has 2 aromatic carbocycles. The van der Waals surface area contributed by atoms with Crippen molar-refractivity contribution < 1.29 is 19.1 Å². The number of hydrogen-bond acceptors (Lipinski definition) is 4. The Kier molecular flexibility index (Phi) is 4.50. The number of carbonyl (C=O) groups is 2. The average molecular weight is 270 g/mol. The first-order valence-corrected chi connectivity index (χ1v) is 6.27. The van der Waals surface area contributed by atoms with Gasteiger partial charge in [0.2, 0.25) is 0 Å². The van der Waals surface area contributed by atoms with Crippen LogP contribution in [-0.4, -0.2) is 11.9 Å². The molecule has 102 valence electrons. The fourth-order valence-corrected chi connectivity index (χ4v) is 1.67. The van der Waals surface area contributed by atoms with Gasteiger partial charge in [-0.25, -0.2) is 9.59 Å². The van der Waals surface area contributed by atoms with Gasteiger partial charge < -0.3 is 9.47 Å². The van der Waals surface area contributed by atoms with Crippen LogP contribution in [-0.2, 0) is 16.0 Å². The minimum absolute atomic E-state index is 0.304. The molecule has 0 aromatic heterocycles. The van der Waals surface area contributed by atoms with Gasteiger partial charge in [-0.15, -0.1) is 0 Å². The van der Waals surface area contributed by atoms with Crippen LogP contribution >= 0.6 is 0 Å². The quantitative estimate of drug-likeness (QED) is 0.489. The summed E-state index contributed by atoms with van der Waals surface area (Å²) in [6.45, 7) is 1.94. The molecule has 0 aliphatic carbocycles. The summed E-state index contributed by atoms with van der Waals surface area (Å²) in [5, 5.41) is 0. The third kappa shape index (κ3) is 3.45. The minimum Gasteiger partial charge on any atom is -0.418 e. The maximum Gasteiger partial charge on any atom is 0.423 e. The van der Waals surface area contributed by atoms with Gasteiger partial charge in [0.1, 0.15) is 11.5 Å². The smallest absolute Gasteiger partial charge is 0.418 e. The van der Waals surface area contributed by atoms with Gasteiger partial charge in [0.15, 0.2) is 0 Å². The molecule has 4 heteroatoms. The highest BCUT2D eigenvalue weighted by Gasteiger charge is 2.20. The molecule has 0 aliphatic heterocycles. The molecule has 4 nitrogen and oxygen atoms in total. The molecule has 0 saturated carbocycles. The van der Waals surface area contributed by atoms with Crippen LogP contribution < -0.4 is 9.47 Å². The van der Waals surface area contributed by atoms with E-state index in [-0.39, 0.29) is 0 Å². The van der Waals surface area contributed by atoms with Gasteiger partial charge in [-0.1, -0.05) is 43.3 Å². The monoisotopic (exact) mass is 270 g/mol. The van der Waals surface area contributed by atoms with Crippen LogP contribution in [0, 0.1) is 0 Å². The van der Waals surface area contributed by atoms with Crippen molar-refractivity contribution in [2.45, 2.75) is 13.3 Å². The summed E-state index contributed by atoms with van der Waals surface area (Å²) in [4.78, 5) is 23.3. The maximum atomic E-state index is 11.7. The molecule has 0 amide bonds. The Morgan fingerprint density at radius 2 is 1.45 bits per heavy atom. The summed E-state index contributed by atoms with van der Waals surface area (Å²) in [6.07, 6.45) is 0.706. The summed E-state index contributed by atoms with van der Waals surface area (Å²) in [6, 6.07) is 15.4. The van der Waals surface area contributed by atoms with E-state index in [2.05, 4.69) is 0 Å². The number of ether oxygens (including phenoxy) is 2. The van der Waals surface area contributed by atoms with Crippen molar-refractivity contribution in [2.75, 3.05) is 0 Å². The largest absolute Gasteiger partial charge is 0.423 e. The number of benzene rings is 2. The van der Waals surface area contributed by atoms with E-state index < -0.39 is 11.9 Å². The van der Waals surface area contributed by atoms with Crippen LogP contribution in [0.3, 0.4) is 0 Å². The maximum absolute atomic E-state index is 11.7. The van der Waals surface area contributed by atoms with Gasteiger partial charge >= 0.3 is 11.9 Å². The zero-order valence-electron chi connectivity index (χ0n) is 11.0. The minimum atomic E-state index is -1.04. The van der Waals surface area contributed by atoms with Crippen LogP contribution in [0.5, 0.6) is 11.5 Å². The molecule has 2 rings (SSSR count). The number of esters is 2. The van der Waals surface area contributed by atoms with E-state index in [1.165, 1.54) is 0 Å². The summed E-state index contributed by atoms with van der Waals surface area (Å²) in [5.74, 6) is -1.39. The Balaban J connectivity index is 2.03. The molecule has 0 N–H and O–H groups in total. The Morgan fingerprint density at radius 1 is 0.850 bits per heavy atom. The second-order valence-electron chi connectivity index (χ2n) is 4.05. The van der Waals surface area contributed by atoms with Gasteiger partial charge in [0, 0.05) is 0 Å². The fourth-order valence-electron chi connectivity index (χ4n) is 1.67. The second kappa shape index (κ2) is 6.52. The third-order valence-electron chi connectivity index (χ3n) is 2.68. The lowest BCUT2D eigenvalue weighted by atomic mass is 10.1. The molecule has 0 atom stereocenters. The normalized spacial score (nSPS) is 9.85. The number of rotatable bonds is 3. The zero-order chi connectivity index (χ0) is 14.4. The Bertz CT molecular complexity index is 605. The van der Waals surface area contributed by atoms with Gasteiger partial charge in [0.25, 0.3) is 0 Å². The van der Waals surface area contributed by atoms with Gasteiger partial charge in [-0.05, 0) is 30.2 Å². The molecule has 0 aliphatic rings. The van der Waals surface area contributed by atoms with E-state index in [4.69, 9.17) is 9.47 Å². The van der Waals surface area contributed by atoms with Crippen LogP contribution in [0.1, 0.15) is 12.5 Å². The topological polar surface area (TPSA) is 52.6 Å². The van der Waals surface area contributed by atoms with E-state index >= 15 is 0 Å². The lowest BCUT2D eigenvalue weighted by Crippen LogP contribution is -2.25. The zero-order valence-corrected chi connectivity index (χ0v) is 11.0. The van der Waals surface area contributed by atoms with Gasteiger partial charge in [-0.3, -0.25) is 0 Å². The van der Waals surface area contributed by atoms with Crippen LogP contribution in [0.25, 0.3) is 0 Å². The van der Waals surface area contributed by atoms with Crippen molar-refractivity contribution in [1.29, 1.82) is 0 Å². The first-order valence-electron chi connectivity index (χ1n) is 6.27. The number of carbonyl (C=O) groups excluding carboxylic acids is 2. The molecule has 0 spiro atoms. The first-order chi connectivity index (χ1) is 9.70. The molecule has 20 heavy (non-hydrogen) atoms. The van der Waals surface area contributed by atoms with E-state index in [0.717, 1.165) is 5.56 Å². The van der Waals surface area contributed by atoms with Crippen molar-refractivity contribution in [3.8, 4) is 11.5 Å². The van der Waals surface area contributed by atoms with Gasteiger partial charge in [-0.2, -0.15) is 0 Å². The summed E-state index contributed by atoms with van der Waals surface area (Å²) < 4.78 is 9.97. The van der Waals surface area contributed by atoms with Crippen LogP contribution in [0.4, 0.5) is 0 Å². The van der Waals surface area contributed by atoms with Crippen molar-refractivity contribution >= 4 is 11.9 Å². The Hall–Kier alpha value is -2.62. The summed E-state index contributed by atoms with van der Waals surface area (Å²) >= 11 is 0. The van der Waals surface area contributed by atoms with Crippen molar-refractivity contribution in [1.82, 2.24) is 0 Å². The first kappa shape index (κ1) is 13.8. The molecule has 0 unspecified atom stereocenters. The lowest BCUT2D eigenvalue weighted by Gasteiger charge is -2.08. The fraction of sp³-hybridized carbons (Fsp3) is 0.125. The highest BCUT2D eigenvalue weighted by Crippen LogP contribution is 2.18. The van der Waals surface area contributed by atoms with E-state index in [0.29, 0.717) is 17.9 Å². The molecule has 2 aromatic rings. The van der Waals surface area contributed by atoms with Crippen molar-refractivity contribution in [3.05, 3.63) is 60.2 Å². The Labute approximate surface area is 116 Å². The standard InChI is InChI=1S/C16H14O4/c1-2-12-8-6-7-11-14(12)20-16(18)15(17)19-13-9-4-3-5-10-13/h3-11H,2H2,1H3.